The zero-order valence-corrected chi connectivity index (χ0v) is 11.7. The fraction of sp³-hybridized carbons (Fsp3) is 0.0714. The van der Waals surface area contributed by atoms with Crippen LogP contribution in [0.5, 0.6) is 0 Å². The predicted molar refractivity (Wildman–Crippen MR) is 79.5 cm³/mol. The maximum atomic E-state index is 14.3. The third-order valence-corrected chi connectivity index (χ3v) is 4.40. The molecule has 0 spiro atoms. The molecule has 5 nitrogen and oxygen atoms in total. The van der Waals surface area contributed by atoms with Crippen LogP contribution in [-0.2, 0) is 0 Å². The second-order valence-electron chi connectivity index (χ2n) is 4.47. The summed E-state index contributed by atoms with van der Waals surface area (Å²) >= 11 is 1.18. The van der Waals surface area contributed by atoms with E-state index in [1.165, 1.54) is 17.4 Å². The van der Waals surface area contributed by atoms with Crippen molar-refractivity contribution in [2.24, 2.45) is 0 Å². The monoisotopic (exact) mass is 300 g/mol. The van der Waals surface area contributed by atoms with Crippen LogP contribution in [0.15, 0.2) is 23.0 Å². The summed E-state index contributed by atoms with van der Waals surface area (Å²) in [5.41, 5.74) is 6.04. The van der Waals surface area contributed by atoms with Gasteiger partial charge in [-0.3, -0.25) is 9.78 Å². The molecule has 0 fully saturated rings. The molecule has 0 aliphatic heterocycles. The first-order chi connectivity index (χ1) is 10.0. The second kappa shape index (κ2) is 4.68. The molecule has 0 atom stereocenters. The number of nitrogens with two attached hydrogens (primary N) is 1. The number of nitrogen functional groups attached to an aromatic ring is 1. The number of nitriles is 1. The number of benzene rings is 1. The van der Waals surface area contributed by atoms with Gasteiger partial charge in [-0.15, -0.1) is 11.3 Å². The number of rotatable bonds is 1. The van der Waals surface area contributed by atoms with Crippen molar-refractivity contribution >= 4 is 27.5 Å². The highest BCUT2D eigenvalue weighted by atomic mass is 32.1. The average molecular weight is 300 g/mol. The minimum Gasteiger partial charge on any atom is -0.369 e. The number of hydrogen-bond acceptors (Lipinski definition) is 5. The van der Waals surface area contributed by atoms with Gasteiger partial charge >= 0.3 is 0 Å². The molecule has 21 heavy (non-hydrogen) atoms. The van der Waals surface area contributed by atoms with Crippen LogP contribution in [0.25, 0.3) is 20.7 Å². The Labute approximate surface area is 122 Å². The van der Waals surface area contributed by atoms with Crippen molar-refractivity contribution in [3.05, 3.63) is 45.5 Å². The van der Waals surface area contributed by atoms with Crippen LogP contribution in [0.3, 0.4) is 0 Å². The Morgan fingerprint density at radius 2 is 2.24 bits per heavy atom. The minimum absolute atomic E-state index is 0.0200. The van der Waals surface area contributed by atoms with Gasteiger partial charge in [0.15, 0.2) is 0 Å². The molecule has 2 aromatic heterocycles. The van der Waals surface area contributed by atoms with Crippen LogP contribution in [0.4, 0.5) is 10.3 Å². The summed E-state index contributed by atoms with van der Waals surface area (Å²) in [7, 11) is 0. The third-order valence-electron chi connectivity index (χ3n) is 3.18. The SMILES string of the molecule is Cc1c(-c2cccc(C#N)c2F)sc2nc(N)[nH]c(=O)c12. The molecule has 104 valence electrons. The van der Waals surface area contributed by atoms with Gasteiger partial charge in [0, 0.05) is 10.4 Å². The number of fused-ring (bicyclic) bond motifs is 1. The van der Waals surface area contributed by atoms with E-state index in [0.29, 0.717) is 20.7 Å². The molecule has 7 heteroatoms. The van der Waals surface area contributed by atoms with Crippen LogP contribution in [-0.4, -0.2) is 9.97 Å². The highest BCUT2D eigenvalue weighted by molar-refractivity contribution is 7.22. The Kier molecular flexibility index (Phi) is 2.96. The lowest BCUT2D eigenvalue weighted by atomic mass is 10.1. The zero-order chi connectivity index (χ0) is 15.1. The van der Waals surface area contributed by atoms with E-state index in [-0.39, 0.29) is 22.6 Å². The smallest absolute Gasteiger partial charge is 0.261 e. The van der Waals surface area contributed by atoms with Gasteiger partial charge in [0.05, 0.1) is 10.9 Å². The summed E-state index contributed by atoms with van der Waals surface area (Å²) in [5.74, 6) is -0.578. The normalized spacial score (nSPS) is 10.7. The lowest BCUT2D eigenvalue weighted by Gasteiger charge is -2.02. The Balaban J connectivity index is 2.38. The largest absolute Gasteiger partial charge is 0.369 e. The first-order valence-electron chi connectivity index (χ1n) is 6.00. The minimum atomic E-state index is -0.598. The summed E-state index contributed by atoms with van der Waals surface area (Å²) in [6.45, 7) is 1.72. The highest BCUT2D eigenvalue weighted by Crippen LogP contribution is 2.37. The molecule has 0 saturated carbocycles. The number of thiophene rings is 1. The van der Waals surface area contributed by atoms with Gasteiger partial charge < -0.3 is 5.73 Å². The van der Waals surface area contributed by atoms with Crippen LogP contribution in [0, 0.1) is 24.1 Å². The first-order valence-corrected chi connectivity index (χ1v) is 6.82. The van der Waals surface area contributed by atoms with Gasteiger partial charge in [0.2, 0.25) is 5.95 Å². The van der Waals surface area contributed by atoms with Crippen LogP contribution in [0.2, 0.25) is 0 Å². The van der Waals surface area contributed by atoms with E-state index >= 15 is 0 Å². The number of aromatic amines is 1. The van der Waals surface area contributed by atoms with E-state index in [0.717, 1.165) is 0 Å². The van der Waals surface area contributed by atoms with Crippen molar-refractivity contribution in [1.82, 2.24) is 9.97 Å². The standard InChI is InChI=1S/C14H9FN4OS/c1-6-9-12(20)18-14(17)19-13(9)21-11(6)8-4-2-3-7(5-16)10(8)15/h2-4H,1H3,(H3,17,18,19,20). The van der Waals surface area contributed by atoms with Crippen molar-refractivity contribution in [2.75, 3.05) is 5.73 Å². The molecule has 3 rings (SSSR count). The van der Waals surface area contributed by atoms with Gasteiger partial charge in [0.1, 0.15) is 16.7 Å². The van der Waals surface area contributed by atoms with E-state index < -0.39 is 5.82 Å². The molecular weight excluding hydrogens is 291 g/mol. The summed E-state index contributed by atoms with van der Waals surface area (Å²) in [5, 5.41) is 9.30. The van der Waals surface area contributed by atoms with Gasteiger partial charge in [-0.05, 0) is 18.6 Å². The molecule has 0 aliphatic carbocycles. The first kappa shape index (κ1) is 13.3. The van der Waals surface area contributed by atoms with Crippen molar-refractivity contribution in [2.45, 2.75) is 6.92 Å². The number of anilines is 1. The molecular formula is C14H9FN4OS. The highest BCUT2D eigenvalue weighted by Gasteiger charge is 2.18. The van der Waals surface area contributed by atoms with E-state index in [1.54, 1.807) is 25.1 Å². The Bertz CT molecular complexity index is 967. The molecule has 0 aliphatic rings. The Morgan fingerprint density at radius 1 is 1.48 bits per heavy atom. The number of nitrogens with one attached hydrogen (secondary N) is 1. The molecule has 0 bridgehead atoms. The van der Waals surface area contributed by atoms with Crippen LogP contribution < -0.4 is 11.3 Å². The number of halogens is 1. The molecule has 3 N–H and O–H groups in total. The van der Waals surface area contributed by atoms with Crippen molar-refractivity contribution in [1.29, 1.82) is 5.26 Å². The maximum absolute atomic E-state index is 14.3. The Morgan fingerprint density at radius 3 is 2.95 bits per heavy atom. The third kappa shape index (κ3) is 1.97. The van der Waals surface area contributed by atoms with Crippen LogP contribution >= 0.6 is 11.3 Å². The van der Waals surface area contributed by atoms with E-state index in [2.05, 4.69) is 9.97 Å². The maximum Gasteiger partial charge on any atom is 0.261 e. The summed E-state index contributed by atoms with van der Waals surface area (Å²) in [6.07, 6.45) is 0. The number of nitrogens with zero attached hydrogens (tertiary/aromatic N) is 2. The van der Waals surface area contributed by atoms with Gasteiger partial charge in [-0.2, -0.15) is 5.26 Å². The number of H-pyrrole nitrogens is 1. The number of aryl methyl sites for hydroxylation is 1. The van der Waals surface area contributed by atoms with Gasteiger partial charge in [-0.25, -0.2) is 9.37 Å². The van der Waals surface area contributed by atoms with Gasteiger partial charge in [0.25, 0.3) is 5.56 Å². The molecule has 0 saturated heterocycles. The van der Waals surface area contributed by atoms with Crippen molar-refractivity contribution in [3.8, 4) is 16.5 Å². The second-order valence-corrected chi connectivity index (χ2v) is 5.47. The molecule has 0 unspecified atom stereocenters. The molecule has 0 radical (unpaired) electrons. The van der Waals surface area contributed by atoms with Crippen molar-refractivity contribution < 1.29 is 4.39 Å². The zero-order valence-electron chi connectivity index (χ0n) is 10.9. The van der Waals surface area contributed by atoms with E-state index in [1.807, 2.05) is 0 Å². The summed E-state index contributed by atoms with van der Waals surface area (Å²) < 4.78 is 14.3. The quantitative estimate of drug-likeness (QED) is 0.722. The molecule has 2 heterocycles. The predicted octanol–water partition coefficient (Wildman–Crippen LogP) is 2.55. The fourth-order valence-corrected chi connectivity index (χ4v) is 3.42. The summed E-state index contributed by atoms with van der Waals surface area (Å²) in [6, 6.07) is 6.39. The lowest BCUT2D eigenvalue weighted by molar-refractivity contribution is 0.628. The molecule has 0 amide bonds. The van der Waals surface area contributed by atoms with E-state index in [9.17, 15) is 9.18 Å². The van der Waals surface area contributed by atoms with Crippen LogP contribution in [0.1, 0.15) is 11.1 Å². The lowest BCUT2D eigenvalue weighted by Crippen LogP contribution is -2.10. The average Bonchev–Trinajstić information content (AvgIpc) is 2.76. The fourth-order valence-electron chi connectivity index (χ4n) is 2.21. The summed E-state index contributed by atoms with van der Waals surface area (Å²) in [4.78, 5) is 19.5. The Hall–Kier alpha value is -2.72. The number of hydrogen-bond donors (Lipinski definition) is 2. The molecule has 3 aromatic rings. The van der Waals surface area contributed by atoms with Gasteiger partial charge in [-0.1, -0.05) is 12.1 Å². The van der Waals surface area contributed by atoms with E-state index in [4.69, 9.17) is 11.0 Å². The molecule has 1 aromatic carbocycles. The van der Waals surface area contributed by atoms with Crippen molar-refractivity contribution in [3.63, 3.8) is 0 Å². The topological polar surface area (TPSA) is 95.6 Å². The number of aromatic nitrogens is 2.